The van der Waals surface area contributed by atoms with Crippen molar-refractivity contribution >= 4 is 27.7 Å². The number of nitrogens with zero attached hydrogens (tertiary/aromatic N) is 1. The van der Waals surface area contributed by atoms with Crippen LogP contribution in [0.1, 0.15) is 25.0 Å². The van der Waals surface area contributed by atoms with Gasteiger partial charge in [-0.1, -0.05) is 46.3 Å². The van der Waals surface area contributed by atoms with E-state index in [9.17, 15) is 9.59 Å². The number of hydrogen-bond donors (Lipinski definition) is 1. The molecular formula is C21H25BrN2O3. The van der Waals surface area contributed by atoms with Gasteiger partial charge in [0, 0.05) is 17.6 Å². The predicted molar refractivity (Wildman–Crippen MR) is 110 cm³/mol. The summed E-state index contributed by atoms with van der Waals surface area (Å²) in [5, 5.41) is 2.78. The van der Waals surface area contributed by atoms with Crippen molar-refractivity contribution in [3.8, 4) is 5.75 Å². The number of halogens is 1. The molecule has 0 aliphatic rings. The number of carbonyl (C=O) groups excluding carboxylic acids is 2. The van der Waals surface area contributed by atoms with E-state index in [1.165, 1.54) is 0 Å². The summed E-state index contributed by atoms with van der Waals surface area (Å²) >= 11 is 3.44. The molecule has 2 aromatic rings. The average molecular weight is 433 g/mol. The zero-order valence-electron chi connectivity index (χ0n) is 15.9. The van der Waals surface area contributed by atoms with Crippen molar-refractivity contribution in [1.29, 1.82) is 0 Å². The zero-order valence-corrected chi connectivity index (χ0v) is 17.5. The Morgan fingerprint density at radius 2 is 1.93 bits per heavy atom. The highest BCUT2D eigenvalue weighted by atomic mass is 79.9. The lowest BCUT2D eigenvalue weighted by Gasteiger charge is -2.28. The molecular weight excluding hydrogens is 408 g/mol. The minimum absolute atomic E-state index is 0.122. The third-order valence-corrected chi connectivity index (χ3v) is 4.70. The van der Waals surface area contributed by atoms with E-state index in [-0.39, 0.29) is 18.4 Å². The predicted octanol–water partition coefficient (Wildman–Crippen LogP) is 3.69. The molecule has 5 nitrogen and oxygen atoms in total. The highest BCUT2D eigenvalue weighted by molar-refractivity contribution is 9.10. The van der Waals surface area contributed by atoms with E-state index in [2.05, 4.69) is 21.2 Å². The van der Waals surface area contributed by atoms with Crippen molar-refractivity contribution in [2.45, 2.75) is 33.4 Å². The molecule has 0 fully saturated rings. The second-order valence-corrected chi connectivity index (χ2v) is 7.19. The van der Waals surface area contributed by atoms with Crippen LogP contribution in [0.4, 0.5) is 0 Å². The zero-order chi connectivity index (χ0) is 19.8. The highest BCUT2D eigenvalue weighted by Gasteiger charge is 2.26. The monoisotopic (exact) mass is 432 g/mol. The number of ether oxygens (including phenoxy) is 1. The first-order valence-electron chi connectivity index (χ1n) is 8.92. The van der Waals surface area contributed by atoms with Crippen molar-refractivity contribution in [3.63, 3.8) is 0 Å². The molecule has 0 aliphatic heterocycles. The van der Waals surface area contributed by atoms with E-state index >= 15 is 0 Å². The van der Waals surface area contributed by atoms with Crippen molar-refractivity contribution < 1.29 is 14.3 Å². The topological polar surface area (TPSA) is 58.6 Å². The number of rotatable bonds is 8. The van der Waals surface area contributed by atoms with Crippen LogP contribution in [0.5, 0.6) is 5.75 Å². The molecule has 6 heteroatoms. The van der Waals surface area contributed by atoms with Gasteiger partial charge in [-0.05, 0) is 50.1 Å². The molecule has 0 aliphatic carbocycles. The molecule has 2 amide bonds. The minimum atomic E-state index is -0.600. The Balaban J connectivity index is 2.15. The number of nitrogens with one attached hydrogen (secondary N) is 1. The molecule has 0 radical (unpaired) electrons. The number of hydrogen-bond acceptors (Lipinski definition) is 3. The van der Waals surface area contributed by atoms with E-state index in [1.54, 1.807) is 11.8 Å². The summed E-state index contributed by atoms with van der Waals surface area (Å²) in [5.74, 6) is 0.243. The number of benzene rings is 2. The average Bonchev–Trinajstić information content (AvgIpc) is 2.65. The molecule has 0 saturated heterocycles. The Morgan fingerprint density at radius 3 is 2.59 bits per heavy atom. The molecule has 0 unspecified atom stereocenters. The summed E-state index contributed by atoms with van der Waals surface area (Å²) in [4.78, 5) is 26.7. The second kappa shape index (κ2) is 10.1. The van der Waals surface area contributed by atoms with Gasteiger partial charge in [-0.3, -0.25) is 9.59 Å². The van der Waals surface area contributed by atoms with Gasteiger partial charge in [0.15, 0.2) is 6.61 Å². The first kappa shape index (κ1) is 21.0. The molecule has 144 valence electrons. The van der Waals surface area contributed by atoms with Crippen molar-refractivity contribution in [1.82, 2.24) is 10.2 Å². The Hall–Kier alpha value is -2.34. The largest absolute Gasteiger partial charge is 0.484 e. The van der Waals surface area contributed by atoms with Gasteiger partial charge in [0.25, 0.3) is 5.91 Å². The van der Waals surface area contributed by atoms with E-state index < -0.39 is 6.04 Å². The van der Waals surface area contributed by atoms with Crippen molar-refractivity contribution in [2.24, 2.45) is 0 Å². The number of aryl methyl sites for hydroxylation is 1. The van der Waals surface area contributed by atoms with E-state index in [0.29, 0.717) is 18.8 Å². The van der Waals surface area contributed by atoms with Gasteiger partial charge in [-0.2, -0.15) is 0 Å². The van der Waals surface area contributed by atoms with Gasteiger partial charge < -0.3 is 15.0 Å². The molecule has 2 aromatic carbocycles. The number of carbonyl (C=O) groups is 2. The van der Waals surface area contributed by atoms with Crippen molar-refractivity contribution in [2.75, 3.05) is 13.2 Å². The van der Waals surface area contributed by atoms with Crippen LogP contribution in [0.25, 0.3) is 0 Å². The molecule has 1 atom stereocenters. The maximum atomic E-state index is 12.9. The fourth-order valence-corrected chi connectivity index (χ4v) is 3.12. The fourth-order valence-electron chi connectivity index (χ4n) is 2.68. The standard InChI is InChI=1S/C21H25BrN2O3/c1-4-23-21(26)16(3)24(13-17-9-7-10-18(22)12-17)20(25)14-27-19-11-6-5-8-15(19)2/h5-12,16H,4,13-14H2,1-3H3,(H,23,26)/t16-/m0/s1. The first-order chi connectivity index (χ1) is 12.9. The quantitative estimate of drug-likeness (QED) is 0.691. The summed E-state index contributed by atoms with van der Waals surface area (Å²) in [6.07, 6.45) is 0. The first-order valence-corrected chi connectivity index (χ1v) is 9.71. The maximum Gasteiger partial charge on any atom is 0.261 e. The van der Waals surface area contributed by atoms with Gasteiger partial charge in [0.1, 0.15) is 11.8 Å². The van der Waals surface area contributed by atoms with Gasteiger partial charge in [0.05, 0.1) is 0 Å². The van der Waals surface area contributed by atoms with Gasteiger partial charge >= 0.3 is 0 Å². The van der Waals surface area contributed by atoms with E-state index in [4.69, 9.17) is 4.74 Å². The van der Waals surface area contributed by atoms with Crippen LogP contribution in [0, 0.1) is 6.92 Å². The molecule has 0 heterocycles. The minimum Gasteiger partial charge on any atom is -0.484 e. The molecule has 1 N–H and O–H groups in total. The van der Waals surface area contributed by atoms with Crippen LogP contribution in [0.3, 0.4) is 0 Å². The second-order valence-electron chi connectivity index (χ2n) is 6.28. The lowest BCUT2D eigenvalue weighted by atomic mass is 10.1. The van der Waals surface area contributed by atoms with Crippen LogP contribution in [-0.4, -0.2) is 35.9 Å². The van der Waals surface area contributed by atoms with E-state index in [1.807, 2.05) is 62.4 Å². The summed E-state index contributed by atoms with van der Waals surface area (Å²) in [6.45, 7) is 6.23. The molecule has 0 aromatic heterocycles. The smallest absolute Gasteiger partial charge is 0.261 e. The summed E-state index contributed by atoms with van der Waals surface area (Å²) in [7, 11) is 0. The number of para-hydroxylation sites is 1. The Morgan fingerprint density at radius 1 is 1.19 bits per heavy atom. The van der Waals surface area contributed by atoms with Crippen LogP contribution in [0.15, 0.2) is 53.0 Å². The van der Waals surface area contributed by atoms with Crippen LogP contribution in [0.2, 0.25) is 0 Å². The summed E-state index contributed by atoms with van der Waals surface area (Å²) in [5.41, 5.74) is 1.89. The third kappa shape index (κ3) is 6.10. The lowest BCUT2D eigenvalue weighted by Crippen LogP contribution is -2.49. The summed E-state index contributed by atoms with van der Waals surface area (Å²) in [6, 6.07) is 14.6. The highest BCUT2D eigenvalue weighted by Crippen LogP contribution is 2.18. The fraction of sp³-hybridized carbons (Fsp3) is 0.333. The molecule has 27 heavy (non-hydrogen) atoms. The van der Waals surface area contributed by atoms with Gasteiger partial charge in [0.2, 0.25) is 5.91 Å². The molecule has 0 spiro atoms. The van der Waals surface area contributed by atoms with Crippen LogP contribution in [-0.2, 0) is 16.1 Å². The third-order valence-electron chi connectivity index (χ3n) is 4.20. The SMILES string of the molecule is CCNC(=O)[C@H](C)N(Cc1cccc(Br)c1)C(=O)COc1ccccc1C. The maximum absolute atomic E-state index is 12.9. The van der Waals surface area contributed by atoms with Crippen LogP contribution < -0.4 is 10.1 Å². The van der Waals surface area contributed by atoms with Crippen LogP contribution >= 0.6 is 15.9 Å². The molecule has 2 rings (SSSR count). The normalized spacial score (nSPS) is 11.6. The van der Waals surface area contributed by atoms with Crippen molar-refractivity contribution in [3.05, 3.63) is 64.1 Å². The number of amides is 2. The Labute approximate surface area is 168 Å². The Kier molecular flexibility index (Phi) is 7.85. The Bertz CT molecular complexity index is 795. The van der Waals surface area contributed by atoms with E-state index in [0.717, 1.165) is 15.6 Å². The lowest BCUT2D eigenvalue weighted by molar-refractivity contribution is -0.142. The van der Waals surface area contributed by atoms with Gasteiger partial charge in [-0.15, -0.1) is 0 Å². The molecule has 0 saturated carbocycles. The summed E-state index contributed by atoms with van der Waals surface area (Å²) < 4.78 is 6.62. The molecule has 0 bridgehead atoms. The van der Waals surface area contributed by atoms with Gasteiger partial charge in [-0.25, -0.2) is 0 Å². The number of likely N-dealkylation sites (N-methyl/N-ethyl adjacent to an activating group) is 1.